The highest BCUT2D eigenvalue weighted by Crippen LogP contribution is 2.11. The molecule has 2 rings (SSSR count). The molecule has 2 aromatic rings. The van der Waals surface area contributed by atoms with Gasteiger partial charge in [-0.2, -0.15) is 13.9 Å². The highest BCUT2D eigenvalue weighted by Gasteiger charge is 2.14. The van der Waals surface area contributed by atoms with Crippen LogP contribution in [0.5, 0.6) is 0 Å². The lowest BCUT2D eigenvalue weighted by Crippen LogP contribution is -2.29. The van der Waals surface area contributed by atoms with Gasteiger partial charge in [0.2, 0.25) is 0 Å². The molecule has 0 radical (unpaired) electrons. The third-order valence-electron chi connectivity index (χ3n) is 3.90. The van der Waals surface area contributed by atoms with Crippen LogP contribution in [0, 0.1) is 0 Å². The zero-order chi connectivity index (χ0) is 18.9. The van der Waals surface area contributed by atoms with Gasteiger partial charge in [0.1, 0.15) is 6.33 Å². The predicted octanol–water partition coefficient (Wildman–Crippen LogP) is 3.08. The summed E-state index contributed by atoms with van der Waals surface area (Å²) >= 11 is 0. The maximum atomic E-state index is 12.7. The first-order valence-electron chi connectivity index (χ1n) is 8.27. The fourth-order valence-electron chi connectivity index (χ4n) is 2.45. The smallest absolute Gasteiger partial charge is 0.327 e. The Morgan fingerprint density at radius 2 is 1.69 bits per heavy atom. The molecule has 0 saturated heterocycles. The van der Waals surface area contributed by atoms with Gasteiger partial charge in [0.05, 0.1) is 6.54 Å². The molecule has 5 nitrogen and oxygen atoms in total. The highest BCUT2D eigenvalue weighted by molar-refractivity contribution is 5.13. The molecule has 1 heterocycles. The topological polar surface area (TPSA) is 65.8 Å². The van der Waals surface area contributed by atoms with Crippen molar-refractivity contribution >= 4 is 0 Å². The number of hydrogen-bond donors (Lipinski definition) is 1. The fourth-order valence-corrected chi connectivity index (χ4v) is 2.45. The third-order valence-corrected chi connectivity index (χ3v) is 3.90. The van der Waals surface area contributed by atoms with E-state index in [1.165, 1.54) is 10.9 Å². The van der Waals surface area contributed by atoms with Crippen LogP contribution in [0.2, 0.25) is 0 Å². The van der Waals surface area contributed by atoms with Gasteiger partial charge in [-0.3, -0.25) is 4.57 Å². The first kappa shape index (κ1) is 19.5. The molecule has 1 unspecified atom stereocenters. The number of halogens is 2. The third kappa shape index (κ3) is 5.35. The molecule has 0 aliphatic rings. The molecule has 2 N–H and O–H groups in total. The van der Waals surface area contributed by atoms with Gasteiger partial charge in [-0.1, -0.05) is 54.6 Å². The van der Waals surface area contributed by atoms with Gasteiger partial charge >= 0.3 is 5.69 Å². The summed E-state index contributed by atoms with van der Waals surface area (Å²) in [6, 6.07) is 17.2. The lowest BCUT2D eigenvalue weighted by molar-refractivity contribution is 0.400. The van der Waals surface area contributed by atoms with Gasteiger partial charge < -0.3 is 5.73 Å². The van der Waals surface area contributed by atoms with Crippen LogP contribution >= 0.6 is 0 Å². The van der Waals surface area contributed by atoms with Crippen molar-refractivity contribution in [2.24, 2.45) is 5.73 Å². The normalized spacial score (nSPS) is 11.5. The Labute approximate surface area is 150 Å². The minimum atomic E-state index is -1.87. The molecule has 0 amide bonds. The summed E-state index contributed by atoms with van der Waals surface area (Å²) in [4.78, 5) is 12.4. The predicted molar refractivity (Wildman–Crippen MR) is 97.3 cm³/mol. The van der Waals surface area contributed by atoms with Gasteiger partial charge in [0, 0.05) is 18.2 Å². The molecule has 26 heavy (non-hydrogen) atoms. The Balaban J connectivity index is 2.23. The Hall–Kier alpha value is -2.80. The monoisotopic (exact) mass is 360 g/mol. The summed E-state index contributed by atoms with van der Waals surface area (Å²) in [6.07, 6.45) is 0.106. The second-order valence-electron chi connectivity index (χ2n) is 5.86. The Morgan fingerprint density at radius 3 is 2.23 bits per heavy atom. The van der Waals surface area contributed by atoms with E-state index >= 15 is 0 Å². The molecule has 0 saturated carbocycles. The zero-order valence-electron chi connectivity index (χ0n) is 14.6. The molecule has 0 spiro atoms. The van der Waals surface area contributed by atoms with Gasteiger partial charge in [0.15, 0.2) is 0 Å². The van der Waals surface area contributed by atoms with E-state index in [1.54, 1.807) is 0 Å². The molecule has 0 fully saturated rings. The molecular weight excluding hydrogens is 338 g/mol. The molecule has 138 valence electrons. The lowest BCUT2D eigenvalue weighted by atomic mass is 10.1. The number of rotatable bonds is 6. The van der Waals surface area contributed by atoms with Crippen LogP contribution in [-0.2, 0) is 13.0 Å². The molecule has 7 heteroatoms. The van der Waals surface area contributed by atoms with Gasteiger partial charge in [-0.05, 0) is 18.9 Å². The fraction of sp³-hybridized carbons (Fsp3) is 0.263. The second-order valence-corrected chi connectivity index (χ2v) is 5.86. The van der Waals surface area contributed by atoms with Crippen LogP contribution in [0.3, 0.4) is 0 Å². The Bertz CT molecular complexity index is 843. The van der Waals surface area contributed by atoms with E-state index in [1.807, 2.05) is 61.5 Å². The zero-order valence-corrected chi connectivity index (χ0v) is 14.6. The lowest BCUT2D eigenvalue weighted by Gasteiger charge is -2.11. The Morgan fingerprint density at radius 1 is 1.12 bits per heavy atom. The molecular formula is C19H22F2N4O. The average Bonchev–Trinajstić information content (AvgIpc) is 2.98. The average molecular weight is 360 g/mol. The second kappa shape index (κ2) is 9.62. The maximum Gasteiger partial charge on any atom is 0.346 e. The molecule has 1 aromatic carbocycles. The molecule has 1 atom stereocenters. The van der Waals surface area contributed by atoms with Crippen molar-refractivity contribution in [1.82, 2.24) is 14.3 Å². The van der Waals surface area contributed by atoms with E-state index in [0.717, 1.165) is 10.2 Å². The minimum Gasteiger partial charge on any atom is -0.327 e. The highest BCUT2D eigenvalue weighted by atomic mass is 19.3. The molecule has 0 bridgehead atoms. The molecule has 0 aliphatic carbocycles. The van der Waals surface area contributed by atoms with Crippen LogP contribution < -0.4 is 11.4 Å². The summed E-state index contributed by atoms with van der Waals surface area (Å²) in [7, 11) is 0. The van der Waals surface area contributed by atoms with Crippen LogP contribution in [-0.4, -0.2) is 20.9 Å². The van der Waals surface area contributed by atoms with Crippen molar-refractivity contribution in [3.8, 4) is 0 Å². The van der Waals surface area contributed by atoms with E-state index in [-0.39, 0.29) is 24.7 Å². The first-order chi connectivity index (χ1) is 12.5. The molecule has 1 aromatic heterocycles. The summed E-state index contributed by atoms with van der Waals surface area (Å²) < 4.78 is 27.9. The number of nitrogens with zero attached hydrogens (tertiary/aromatic N) is 3. The van der Waals surface area contributed by atoms with Gasteiger partial charge in [-0.25, -0.2) is 9.48 Å². The summed E-state index contributed by atoms with van der Waals surface area (Å²) in [5.41, 5.74) is 5.59. The first-order valence-corrected chi connectivity index (χ1v) is 8.27. The van der Waals surface area contributed by atoms with Crippen LogP contribution in [0.4, 0.5) is 8.78 Å². The van der Waals surface area contributed by atoms with Gasteiger partial charge in [-0.15, -0.1) is 0 Å². The van der Waals surface area contributed by atoms with Crippen LogP contribution in [0.15, 0.2) is 77.4 Å². The largest absolute Gasteiger partial charge is 0.346 e. The van der Waals surface area contributed by atoms with E-state index in [4.69, 9.17) is 5.73 Å². The van der Waals surface area contributed by atoms with E-state index in [0.29, 0.717) is 6.42 Å². The summed E-state index contributed by atoms with van der Waals surface area (Å²) in [5.74, 6) is 0. The van der Waals surface area contributed by atoms with Crippen molar-refractivity contribution in [1.29, 1.82) is 0 Å². The van der Waals surface area contributed by atoms with Crippen LogP contribution in [0.1, 0.15) is 18.5 Å². The molecule has 0 aliphatic heterocycles. The van der Waals surface area contributed by atoms with E-state index < -0.39 is 11.8 Å². The minimum absolute atomic E-state index is 0.177. The van der Waals surface area contributed by atoms with Gasteiger partial charge in [0.25, 0.3) is 6.08 Å². The van der Waals surface area contributed by atoms with Crippen LogP contribution in [0.25, 0.3) is 0 Å². The maximum absolute atomic E-state index is 12.7. The number of hydrogen-bond acceptors (Lipinski definition) is 3. The SMILES string of the molecule is CC(Cc1ccccccccc1)n1cnn(CC(CN)=C(F)F)c1=O. The van der Waals surface area contributed by atoms with E-state index in [2.05, 4.69) is 5.10 Å². The van der Waals surface area contributed by atoms with Crippen molar-refractivity contribution in [3.63, 3.8) is 0 Å². The van der Waals surface area contributed by atoms with Crippen molar-refractivity contribution < 1.29 is 8.78 Å². The van der Waals surface area contributed by atoms with Crippen molar-refractivity contribution in [2.75, 3.05) is 6.54 Å². The number of aromatic nitrogens is 3. The summed E-state index contributed by atoms with van der Waals surface area (Å²) in [5, 5.41) is 3.93. The van der Waals surface area contributed by atoms with Crippen molar-refractivity contribution in [2.45, 2.75) is 25.9 Å². The number of nitrogens with two attached hydrogens (primary N) is 1. The van der Waals surface area contributed by atoms with Crippen molar-refractivity contribution in [3.05, 3.63) is 88.6 Å². The summed E-state index contributed by atoms with van der Waals surface area (Å²) in [6.45, 7) is 1.26. The van der Waals surface area contributed by atoms with E-state index in [9.17, 15) is 13.6 Å². The standard InChI is InChI=1S/C19H22F2N4O/c1-15(11-16-9-7-5-3-2-4-6-8-10-16)24-14-23-25(19(24)26)13-17(12-22)18(20)21/h2-10,14-15H,11-13,22H2,1H3. The Kier molecular flexibility index (Phi) is 7.23. The quantitative estimate of drug-likeness (QED) is 0.861.